The lowest BCUT2D eigenvalue weighted by atomic mass is 9.98. The molecule has 2 fully saturated rings. The van der Waals surface area contributed by atoms with Crippen LogP contribution in [-0.4, -0.2) is 44.1 Å². The first-order valence-electron chi connectivity index (χ1n) is 16.6. The van der Waals surface area contributed by atoms with Gasteiger partial charge in [0.25, 0.3) is 23.6 Å². The number of hydrogen-bond donors (Lipinski definition) is 2. The van der Waals surface area contributed by atoms with Gasteiger partial charge in [-0.25, -0.2) is 10.0 Å². The molecule has 3 atom stereocenters. The summed E-state index contributed by atoms with van der Waals surface area (Å²) in [6, 6.07) is 35.0. The maximum absolute atomic E-state index is 13.3. The molecule has 0 aliphatic carbocycles. The summed E-state index contributed by atoms with van der Waals surface area (Å²) in [5.74, 6) is -1.23. The van der Waals surface area contributed by atoms with E-state index in [0.717, 1.165) is 26.7 Å². The molecule has 278 valence electrons. The normalized spacial score (nSPS) is 17.2. The number of hydrogen-bond acceptors (Lipinski definition) is 8. The highest BCUT2D eigenvalue weighted by Crippen LogP contribution is 2.39. The van der Waals surface area contributed by atoms with Gasteiger partial charge < -0.3 is 0 Å². The van der Waals surface area contributed by atoms with Gasteiger partial charge in [-0.05, 0) is 92.3 Å². The van der Waals surface area contributed by atoms with E-state index in [1.54, 1.807) is 40.9 Å². The Hall–Kier alpha value is -4.08. The summed E-state index contributed by atoms with van der Waals surface area (Å²) in [5, 5.41) is 10.1. The Balaban J connectivity index is 0.000000170. The zero-order valence-electron chi connectivity index (χ0n) is 28.4. The van der Waals surface area contributed by atoms with E-state index in [1.807, 2.05) is 119 Å². The number of benzene rings is 4. The predicted octanol–water partition coefficient (Wildman–Crippen LogP) is 9.81. The third kappa shape index (κ3) is 8.83. The number of nitrogens with one attached hydrogen (secondary N) is 2. The molecule has 4 aromatic carbocycles. The van der Waals surface area contributed by atoms with Gasteiger partial charge in [0.1, 0.15) is 12.1 Å². The van der Waals surface area contributed by atoms with Gasteiger partial charge in [0.05, 0.1) is 10.0 Å². The topological polar surface area (TPSA) is 98.8 Å². The summed E-state index contributed by atoms with van der Waals surface area (Å²) in [5.41, 5.74) is 9.30. The van der Waals surface area contributed by atoms with E-state index in [2.05, 4.69) is 26.8 Å². The van der Waals surface area contributed by atoms with Gasteiger partial charge in [-0.1, -0.05) is 106 Å². The molecular formula is C40H29BrCl2N4O4S4. The van der Waals surface area contributed by atoms with Crippen molar-refractivity contribution in [1.29, 1.82) is 0 Å². The number of thiophene rings is 2. The summed E-state index contributed by atoms with van der Waals surface area (Å²) in [6.45, 7) is 0. The van der Waals surface area contributed by atoms with Crippen molar-refractivity contribution >= 4 is 109 Å². The Kier molecular flexibility index (Phi) is 12.7. The molecule has 6 aromatic rings. The lowest BCUT2D eigenvalue weighted by Gasteiger charge is -2.28. The third-order valence-electron chi connectivity index (χ3n) is 8.56. The SMILES string of the molecule is O=C1NN(C(c2ccccc2)c2ccc(Br)cc2)C(=O)C1Sc1ccccc1Cl.O=C1NN(C(c2ccsc2)c2ccsc2)C(=O)C1Sc1ccccc1Cl. The number of carbonyl (C=O) groups excluding carboxylic acids is 4. The number of halogens is 3. The average Bonchev–Trinajstić information content (AvgIpc) is 4.01. The molecule has 15 heteroatoms. The van der Waals surface area contributed by atoms with Crippen molar-refractivity contribution in [2.24, 2.45) is 0 Å². The number of nitrogens with zero attached hydrogens (tertiary/aromatic N) is 2. The van der Waals surface area contributed by atoms with E-state index >= 15 is 0 Å². The first-order chi connectivity index (χ1) is 26.7. The Labute approximate surface area is 352 Å². The van der Waals surface area contributed by atoms with Crippen molar-refractivity contribution in [3.05, 3.63) is 174 Å². The number of thioether (sulfide) groups is 2. The first-order valence-corrected chi connectivity index (χ1v) is 21.8. The van der Waals surface area contributed by atoms with E-state index in [0.29, 0.717) is 19.8 Å². The van der Waals surface area contributed by atoms with E-state index < -0.39 is 16.5 Å². The highest BCUT2D eigenvalue weighted by Gasteiger charge is 2.45. The van der Waals surface area contributed by atoms with Gasteiger partial charge in [0, 0.05) is 14.3 Å². The summed E-state index contributed by atoms with van der Waals surface area (Å²) in [6.07, 6.45) is 0. The van der Waals surface area contributed by atoms with Crippen LogP contribution in [0.2, 0.25) is 10.0 Å². The first kappa shape index (κ1) is 39.2. The zero-order valence-corrected chi connectivity index (χ0v) is 34.7. The minimum Gasteiger partial charge on any atom is -0.271 e. The van der Waals surface area contributed by atoms with E-state index in [9.17, 15) is 19.2 Å². The summed E-state index contributed by atoms with van der Waals surface area (Å²) < 4.78 is 0.942. The molecule has 4 amide bonds. The second kappa shape index (κ2) is 17.8. The van der Waals surface area contributed by atoms with Crippen LogP contribution in [0.5, 0.6) is 0 Å². The average molecular weight is 909 g/mol. The van der Waals surface area contributed by atoms with E-state index in [4.69, 9.17) is 23.2 Å². The molecule has 0 bridgehead atoms. The molecule has 8 rings (SSSR count). The molecule has 0 saturated carbocycles. The number of amides is 4. The number of hydrazine groups is 2. The van der Waals surface area contributed by atoms with Crippen LogP contribution in [0.15, 0.2) is 151 Å². The smallest absolute Gasteiger partial charge is 0.265 e. The summed E-state index contributed by atoms with van der Waals surface area (Å²) in [4.78, 5) is 52.9. The van der Waals surface area contributed by atoms with E-state index in [1.165, 1.54) is 33.5 Å². The quantitative estimate of drug-likeness (QED) is 0.133. The van der Waals surface area contributed by atoms with Crippen LogP contribution in [0.3, 0.4) is 0 Å². The third-order valence-corrected chi connectivity index (χ3v) is 13.9. The second-order valence-electron chi connectivity index (χ2n) is 12.1. The van der Waals surface area contributed by atoms with Crippen LogP contribution in [0, 0.1) is 0 Å². The fourth-order valence-corrected chi connectivity index (χ4v) is 10.1. The molecular weight excluding hydrogens is 880 g/mol. The largest absolute Gasteiger partial charge is 0.271 e. The minimum absolute atomic E-state index is 0.262. The fraction of sp³-hybridized carbons (Fsp3) is 0.100. The molecule has 2 aliphatic heterocycles. The van der Waals surface area contributed by atoms with Crippen LogP contribution >= 0.6 is 85.3 Å². The maximum atomic E-state index is 13.3. The van der Waals surface area contributed by atoms with E-state index in [-0.39, 0.29) is 29.7 Å². The lowest BCUT2D eigenvalue weighted by molar-refractivity contribution is -0.131. The molecule has 55 heavy (non-hydrogen) atoms. The molecule has 8 nitrogen and oxygen atoms in total. The van der Waals surface area contributed by atoms with Gasteiger partial charge in [0.15, 0.2) is 10.5 Å². The lowest BCUT2D eigenvalue weighted by Crippen LogP contribution is -2.39. The maximum Gasteiger partial charge on any atom is 0.265 e. The highest BCUT2D eigenvalue weighted by molar-refractivity contribution is 9.10. The highest BCUT2D eigenvalue weighted by atomic mass is 79.9. The zero-order chi connectivity index (χ0) is 38.5. The summed E-state index contributed by atoms with van der Waals surface area (Å²) in [7, 11) is 0. The van der Waals surface area contributed by atoms with Crippen molar-refractivity contribution in [1.82, 2.24) is 20.9 Å². The van der Waals surface area contributed by atoms with Crippen LogP contribution in [-0.2, 0) is 19.2 Å². The Morgan fingerprint density at radius 2 is 0.964 bits per heavy atom. The number of carbonyl (C=O) groups is 4. The van der Waals surface area contributed by atoms with Gasteiger partial charge in [-0.15, -0.1) is 23.5 Å². The van der Waals surface area contributed by atoms with Crippen molar-refractivity contribution < 1.29 is 19.2 Å². The monoisotopic (exact) mass is 906 g/mol. The Morgan fingerprint density at radius 3 is 1.40 bits per heavy atom. The predicted molar refractivity (Wildman–Crippen MR) is 225 cm³/mol. The van der Waals surface area contributed by atoms with Crippen LogP contribution in [0.1, 0.15) is 34.3 Å². The molecule has 2 N–H and O–H groups in total. The molecule has 0 radical (unpaired) electrons. The van der Waals surface area contributed by atoms with Crippen LogP contribution in [0.4, 0.5) is 0 Å². The molecule has 0 spiro atoms. The number of rotatable bonds is 10. The van der Waals surface area contributed by atoms with Gasteiger partial charge in [-0.3, -0.25) is 30.0 Å². The molecule has 2 aliphatic rings. The Morgan fingerprint density at radius 1 is 0.545 bits per heavy atom. The van der Waals surface area contributed by atoms with Gasteiger partial charge in [0.2, 0.25) is 0 Å². The molecule has 4 heterocycles. The van der Waals surface area contributed by atoms with Crippen molar-refractivity contribution in [3.8, 4) is 0 Å². The van der Waals surface area contributed by atoms with Crippen molar-refractivity contribution in [3.63, 3.8) is 0 Å². The van der Waals surface area contributed by atoms with Gasteiger partial charge in [-0.2, -0.15) is 22.7 Å². The van der Waals surface area contributed by atoms with Gasteiger partial charge >= 0.3 is 0 Å². The Bertz CT molecular complexity index is 2270. The molecule has 2 aromatic heterocycles. The fourth-order valence-electron chi connectivity index (χ4n) is 5.99. The molecule has 3 unspecified atom stereocenters. The van der Waals surface area contributed by atoms with Crippen molar-refractivity contribution in [2.45, 2.75) is 32.4 Å². The van der Waals surface area contributed by atoms with Crippen LogP contribution in [0.25, 0.3) is 0 Å². The second-order valence-corrected chi connectivity index (χ2v) is 17.7. The van der Waals surface area contributed by atoms with Crippen molar-refractivity contribution in [2.75, 3.05) is 0 Å². The standard InChI is InChI=1S/C22H16BrClN2O2S.C18H13ClN2O2S3/c23-16-12-10-15(11-13-16)19(14-6-2-1-3-7-14)26-22(28)20(21(27)25-26)29-18-9-5-4-8-17(18)24;19-13-3-1-2-4-14(13)26-16-17(22)20-21(18(16)23)15(11-5-7-24-9-11)12-6-8-25-10-12/h1-13,19-20H,(H,25,27);1-10,15-16H,(H,20,22). The van der Waals surface area contributed by atoms with Crippen LogP contribution < -0.4 is 10.9 Å². The minimum atomic E-state index is -0.892. The summed E-state index contributed by atoms with van der Waals surface area (Å²) >= 11 is 21.3. The molecule has 2 saturated heterocycles.